The van der Waals surface area contributed by atoms with E-state index in [4.69, 9.17) is 11.6 Å². The van der Waals surface area contributed by atoms with Crippen LogP contribution in [0.3, 0.4) is 0 Å². The summed E-state index contributed by atoms with van der Waals surface area (Å²) in [7, 11) is -2.22. The number of piperidine rings is 1. The third-order valence-corrected chi connectivity index (χ3v) is 8.14. The smallest absolute Gasteiger partial charge is 0.255 e. The van der Waals surface area contributed by atoms with Crippen LogP contribution in [0, 0.1) is 5.92 Å². The Morgan fingerprint density at radius 1 is 1.17 bits per heavy atom. The molecule has 0 atom stereocenters. The van der Waals surface area contributed by atoms with Crippen molar-refractivity contribution >= 4 is 33.4 Å². The molecule has 0 N–H and O–H groups in total. The molecule has 1 aliphatic heterocycles. The molecule has 1 aromatic carbocycles. The van der Waals surface area contributed by atoms with Crippen molar-refractivity contribution < 1.29 is 18.0 Å². The van der Waals surface area contributed by atoms with Crippen LogP contribution in [0.5, 0.6) is 0 Å². The summed E-state index contributed by atoms with van der Waals surface area (Å²) in [6.45, 7) is 9.71. The van der Waals surface area contributed by atoms with Gasteiger partial charge in [-0.15, -0.1) is 0 Å². The maximum Gasteiger partial charge on any atom is 0.255 e. The number of benzene rings is 1. The van der Waals surface area contributed by atoms with Crippen molar-refractivity contribution in [3.63, 3.8) is 0 Å². The van der Waals surface area contributed by atoms with Crippen LogP contribution < -0.4 is 0 Å². The third-order valence-electron chi connectivity index (χ3n) is 5.78. The largest absolute Gasteiger partial charge is 0.343 e. The van der Waals surface area contributed by atoms with Crippen LogP contribution in [-0.4, -0.2) is 73.6 Å². The zero-order valence-electron chi connectivity index (χ0n) is 18.4. The Morgan fingerprint density at radius 2 is 1.73 bits per heavy atom. The van der Waals surface area contributed by atoms with E-state index >= 15 is 0 Å². The summed E-state index contributed by atoms with van der Waals surface area (Å²) in [5, 5.41) is 0.215. The fourth-order valence-corrected chi connectivity index (χ4v) is 5.16. The number of rotatable bonds is 7. The van der Waals surface area contributed by atoms with Gasteiger partial charge in [-0.05, 0) is 58.7 Å². The Hall–Kier alpha value is -1.64. The summed E-state index contributed by atoms with van der Waals surface area (Å²) in [5.74, 6) is -0.260. The van der Waals surface area contributed by atoms with Gasteiger partial charge in [0.2, 0.25) is 15.9 Å². The van der Waals surface area contributed by atoms with Gasteiger partial charge in [0.25, 0.3) is 5.91 Å². The lowest BCUT2D eigenvalue weighted by Gasteiger charge is -2.34. The molecule has 168 valence electrons. The first-order valence-electron chi connectivity index (χ1n) is 10.4. The fraction of sp³-hybridized carbons (Fsp3) is 0.619. The van der Waals surface area contributed by atoms with Gasteiger partial charge in [-0.1, -0.05) is 11.6 Å². The predicted molar refractivity (Wildman–Crippen MR) is 118 cm³/mol. The van der Waals surface area contributed by atoms with Gasteiger partial charge in [-0.3, -0.25) is 9.59 Å². The second-order valence-corrected chi connectivity index (χ2v) is 10.2. The molecule has 0 radical (unpaired) electrons. The summed E-state index contributed by atoms with van der Waals surface area (Å²) in [6, 6.07) is 4.01. The molecule has 0 bridgehead atoms. The highest BCUT2D eigenvalue weighted by atomic mass is 35.5. The molecule has 9 heteroatoms. The van der Waals surface area contributed by atoms with Crippen LogP contribution in [0.25, 0.3) is 0 Å². The monoisotopic (exact) mass is 457 g/mol. The van der Waals surface area contributed by atoms with Gasteiger partial charge in [0.05, 0.1) is 15.5 Å². The third kappa shape index (κ3) is 5.15. The van der Waals surface area contributed by atoms with Crippen molar-refractivity contribution in [2.75, 3.05) is 33.2 Å². The fourth-order valence-electron chi connectivity index (χ4n) is 3.57. The van der Waals surface area contributed by atoms with E-state index in [1.807, 2.05) is 18.7 Å². The molecule has 1 aliphatic rings. The lowest BCUT2D eigenvalue weighted by Crippen LogP contribution is -2.44. The quantitative estimate of drug-likeness (QED) is 0.630. The van der Waals surface area contributed by atoms with Gasteiger partial charge < -0.3 is 9.80 Å². The van der Waals surface area contributed by atoms with E-state index < -0.39 is 10.0 Å². The predicted octanol–water partition coefficient (Wildman–Crippen LogP) is 3.09. The summed E-state index contributed by atoms with van der Waals surface area (Å²) in [5.41, 5.74) is 0.170. The minimum atomic E-state index is -3.72. The standard InChI is InChI=1S/C21H32ClN3O4S/c1-6-24(7-2)20(26)16-10-12-25(13-11-16)21(27)18-14-17(8-9-19(18)22)30(28,29)23(5)15(3)4/h8-9,14-16H,6-7,10-13H2,1-5H3. The topological polar surface area (TPSA) is 78.0 Å². The molecular formula is C21H32ClN3O4S. The van der Waals surface area contributed by atoms with Gasteiger partial charge in [0.1, 0.15) is 0 Å². The van der Waals surface area contributed by atoms with Gasteiger partial charge in [0, 0.05) is 45.2 Å². The van der Waals surface area contributed by atoms with E-state index in [9.17, 15) is 18.0 Å². The average molecular weight is 458 g/mol. The zero-order valence-corrected chi connectivity index (χ0v) is 20.0. The highest BCUT2D eigenvalue weighted by Gasteiger charge is 2.31. The molecule has 1 heterocycles. The Labute approximate surface area is 185 Å². The second-order valence-electron chi connectivity index (χ2n) is 7.83. The van der Waals surface area contributed by atoms with Crippen LogP contribution in [0.4, 0.5) is 0 Å². The van der Waals surface area contributed by atoms with E-state index in [-0.39, 0.29) is 39.3 Å². The van der Waals surface area contributed by atoms with Crippen molar-refractivity contribution in [1.29, 1.82) is 0 Å². The molecule has 2 rings (SSSR count). The van der Waals surface area contributed by atoms with Crippen LogP contribution in [0.2, 0.25) is 5.02 Å². The Morgan fingerprint density at radius 3 is 2.23 bits per heavy atom. The molecule has 0 unspecified atom stereocenters. The molecule has 1 aromatic rings. The number of amides is 2. The molecule has 1 fully saturated rings. The number of sulfonamides is 1. The van der Waals surface area contributed by atoms with Crippen LogP contribution in [0.15, 0.2) is 23.1 Å². The molecule has 0 aromatic heterocycles. The number of carbonyl (C=O) groups excluding carboxylic acids is 2. The first kappa shape index (κ1) is 24.6. The number of hydrogen-bond acceptors (Lipinski definition) is 4. The molecular weight excluding hydrogens is 426 g/mol. The molecule has 2 amide bonds. The van der Waals surface area contributed by atoms with Gasteiger partial charge in [0.15, 0.2) is 0 Å². The van der Waals surface area contributed by atoms with Gasteiger partial charge in [-0.25, -0.2) is 8.42 Å². The molecule has 30 heavy (non-hydrogen) atoms. The number of nitrogens with zero attached hydrogens (tertiary/aromatic N) is 3. The number of hydrogen-bond donors (Lipinski definition) is 0. The Balaban J connectivity index is 2.18. The maximum atomic E-state index is 13.1. The maximum absolute atomic E-state index is 13.1. The summed E-state index contributed by atoms with van der Waals surface area (Å²) in [6.07, 6.45) is 1.18. The lowest BCUT2D eigenvalue weighted by atomic mass is 9.94. The Kier molecular flexibility index (Phi) is 8.30. The average Bonchev–Trinajstić information content (AvgIpc) is 2.73. The minimum absolute atomic E-state index is 0.0399. The second kappa shape index (κ2) is 10.1. The van der Waals surface area contributed by atoms with Crippen LogP contribution >= 0.6 is 11.6 Å². The van der Waals surface area contributed by atoms with Crippen molar-refractivity contribution in [2.45, 2.75) is 51.5 Å². The highest BCUT2D eigenvalue weighted by Crippen LogP contribution is 2.27. The van der Waals surface area contributed by atoms with E-state index in [0.717, 1.165) is 0 Å². The van der Waals surface area contributed by atoms with Crippen LogP contribution in [-0.2, 0) is 14.8 Å². The van der Waals surface area contributed by atoms with Gasteiger partial charge in [-0.2, -0.15) is 4.31 Å². The summed E-state index contributed by atoms with van der Waals surface area (Å²) >= 11 is 6.24. The van der Waals surface area contributed by atoms with E-state index in [0.29, 0.717) is 39.0 Å². The molecule has 1 saturated heterocycles. The van der Waals surface area contributed by atoms with Crippen molar-refractivity contribution in [2.24, 2.45) is 5.92 Å². The van der Waals surface area contributed by atoms with Crippen molar-refractivity contribution in [3.8, 4) is 0 Å². The SMILES string of the molecule is CCN(CC)C(=O)C1CCN(C(=O)c2cc(S(=O)(=O)N(C)C(C)C)ccc2Cl)CC1. The number of halogens is 1. The lowest BCUT2D eigenvalue weighted by molar-refractivity contribution is -0.136. The first-order chi connectivity index (χ1) is 14.0. The molecule has 0 aliphatic carbocycles. The number of carbonyl (C=O) groups is 2. The Bertz CT molecular complexity index is 876. The molecule has 0 saturated carbocycles. The molecule has 7 nitrogen and oxygen atoms in total. The summed E-state index contributed by atoms with van der Waals surface area (Å²) < 4.78 is 26.8. The van der Waals surface area contributed by atoms with E-state index in [2.05, 4.69) is 0 Å². The number of likely N-dealkylation sites (tertiary alicyclic amines) is 1. The first-order valence-corrected chi connectivity index (χ1v) is 12.2. The highest BCUT2D eigenvalue weighted by molar-refractivity contribution is 7.89. The minimum Gasteiger partial charge on any atom is -0.343 e. The normalized spacial score (nSPS) is 15.7. The summed E-state index contributed by atoms with van der Waals surface area (Å²) in [4.78, 5) is 29.1. The van der Waals surface area contributed by atoms with E-state index in [1.54, 1.807) is 18.7 Å². The van der Waals surface area contributed by atoms with Crippen molar-refractivity contribution in [3.05, 3.63) is 28.8 Å². The van der Waals surface area contributed by atoms with Gasteiger partial charge >= 0.3 is 0 Å². The zero-order chi connectivity index (χ0) is 22.6. The van der Waals surface area contributed by atoms with E-state index in [1.165, 1.54) is 29.6 Å². The van der Waals surface area contributed by atoms with Crippen molar-refractivity contribution in [1.82, 2.24) is 14.1 Å². The molecule has 0 spiro atoms. The van der Waals surface area contributed by atoms with Crippen LogP contribution in [0.1, 0.15) is 50.9 Å².